The molecule has 1 aromatic heterocycles. The van der Waals surface area contributed by atoms with Crippen LogP contribution in [0.25, 0.3) is 0 Å². The van der Waals surface area contributed by atoms with Crippen molar-refractivity contribution in [2.75, 3.05) is 7.11 Å². The second-order valence-electron chi connectivity index (χ2n) is 2.03. The van der Waals surface area contributed by atoms with Gasteiger partial charge in [-0.3, -0.25) is 0 Å². The molecule has 12 heavy (non-hydrogen) atoms. The van der Waals surface area contributed by atoms with Crippen LogP contribution in [0.3, 0.4) is 0 Å². The molecular weight excluding hydrogens is 263 g/mol. The highest BCUT2D eigenvalue weighted by Crippen LogP contribution is 2.28. The smallest absolute Gasteiger partial charge is 0.348 e. The fourth-order valence-electron chi connectivity index (χ4n) is 0.760. The Morgan fingerprint density at radius 3 is 3.00 bits per heavy atom. The molecule has 0 saturated carbocycles. The van der Waals surface area contributed by atoms with Crippen LogP contribution >= 0.6 is 38.9 Å². The molecule has 0 aliphatic rings. The molecule has 0 aliphatic carbocycles. The van der Waals surface area contributed by atoms with Gasteiger partial charge in [0, 0.05) is 5.33 Å². The average Bonchev–Trinajstić information content (AvgIpc) is 2.45. The van der Waals surface area contributed by atoms with Crippen molar-refractivity contribution >= 4 is 44.8 Å². The lowest BCUT2D eigenvalue weighted by Crippen LogP contribution is -2.00. The van der Waals surface area contributed by atoms with Gasteiger partial charge in [0.1, 0.15) is 4.88 Å². The van der Waals surface area contributed by atoms with Crippen molar-refractivity contribution in [3.05, 3.63) is 20.8 Å². The van der Waals surface area contributed by atoms with Crippen LogP contribution in [0.4, 0.5) is 0 Å². The van der Waals surface area contributed by atoms with E-state index in [1.165, 1.54) is 18.4 Å². The van der Waals surface area contributed by atoms with Gasteiger partial charge < -0.3 is 4.74 Å². The third-order valence-electron chi connectivity index (χ3n) is 1.29. The summed E-state index contributed by atoms with van der Waals surface area (Å²) in [4.78, 5) is 11.7. The summed E-state index contributed by atoms with van der Waals surface area (Å²) in [7, 11) is 1.36. The Morgan fingerprint density at radius 2 is 2.50 bits per heavy atom. The first kappa shape index (κ1) is 10.0. The summed E-state index contributed by atoms with van der Waals surface area (Å²) in [6.45, 7) is 0. The van der Waals surface area contributed by atoms with Crippen molar-refractivity contribution in [2.45, 2.75) is 5.33 Å². The van der Waals surface area contributed by atoms with E-state index in [9.17, 15) is 4.79 Å². The number of carbonyl (C=O) groups is 1. The van der Waals surface area contributed by atoms with Crippen molar-refractivity contribution in [2.24, 2.45) is 0 Å². The van der Waals surface area contributed by atoms with Gasteiger partial charge in [-0.25, -0.2) is 4.79 Å². The number of esters is 1. The van der Waals surface area contributed by atoms with Gasteiger partial charge >= 0.3 is 5.97 Å². The quantitative estimate of drug-likeness (QED) is 0.609. The molecule has 0 aliphatic heterocycles. The number of methoxy groups -OCH3 is 1. The van der Waals surface area contributed by atoms with Gasteiger partial charge in [0.25, 0.3) is 0 Å². The zero-order chi connectivity index (χ0) is 9.14. The van der Waals surface area contributed by atoms with Gasteiger partial charge in [-0.05, 0) is 11.6 Å². The van der Waals surface area contributed by atoms with Gasteiger partial charge in [-0.1, -0.05) is 27.5 Å². The first-order chi connectivity index (χ1) is 5.69. The number of rotatable bonds is 2. The van der Waals surface area contributed by atoms with Crippen LogP contribution in [-0.4, -0.2) is 13.1 Å². The molecule has 0 atom stereocenters. The first-order valence-corrected chi connectivity index (χ1v) is 5.43. The van der Waals surface area contributed by atoms with E-state index in [2.05, 4.69) is 20.7 Å². The number of thiophene rings is 1. The summed E-state index contributed by atoms with van der Waals surface area (Å²) >= 11 is 10.2. The molecule has 0 bridgehead atoms. The van der Waals surface area contributed by atoms with E-state index in [4.69, 9.17) is 11.6 Å². The summed E-state index contributed by atoms with van der Waals surface area (Å²) in [5.74, 6) is -0.332. The number of carbonyl (C=O) groups excluding carboxylic acids is 1. The predicted molar refractivity (Wildman–Crippen MR) is 53.3 cm³/mol. The van der Waals surface area contributed by atoms with E-state index in [1.54, 1.807) is 6.07 Å². The van der Waals surface area contributed by atoms with E-state index in [0.717, 1.165) is 5.56 Å². The molecule has 0 unspecified atom stereocenters. The summed E-state index contributed by atoms with van der Waals surface area (Å²) < 4.78 is 5.19. The van der Waals surface area contributed by atoms with Crippen molar-refractivity contribution in [1.82, 2.24) is 0 Å². The van der Waals surface area contributed by atoms with Crippen molar-refractivity contribution < 1.29 is 9.53 Å². The standard InChI is InChI=1S/C7H6BrClO2S/c1-11-7(10)6-4(3-8)2-5(9)12-6/h2H,3H2,1H3. The minimum Gasteiger partial charge on any atom is -0.465 e. The number of hydrogen-bond donors (Lipinski definition) is 0. The van der Waals surface area contributed by atoms with Crippen molar-refractivity contribution in [3.63, 3.8) is 0 Å². The van der Waals surface area contributed by atoms with E-state index in [0.29, 0.717) is 14.5 Å². The van der Waals surface area contributed by atoms with Gasteiger partial charge in [0.15, 0.2) is 0 Å². The minimum atomic E-state index is -0.332. The van der Waals surface area contributed by atoms with Gasteiger partial charge in [-0.2, -0.15) is 0 Å². The van der Waals surface area contributed by atoms with Crippen molar-refractivity contribution in [3.8, 4) is 0 Å². The highest BCUT2D eigenvalue weighted by Gasteiger charge is 2.14. The fraction of sp³-hybridized carbons (Fsp3) is 0.286. The maximum Gasteiger partial charge on any atom is 0.348 e. The summed E-state index contributed by atoms with van der Waals surface area (Å²) in [5.41, 5.74) is 0.872. The molecule has 0 saturated heterocycles. The monoisotopic (exact) mass is 268 g/mol. The Balaban J connectivity index is 3.04. The third-order valence-corrected chi connectivity index (χ3v) is 3.18. The van der Waals surface area contributed by atoms with E-state index in [1.807, 2.05) is 0 Å². The Kier molecular flexibility index (Phi) is 3.55. The lowest BCUT2D eigenvalue weighted by molar-refractivity contribution is 0.0605. The number of halogens is 2. The molecule has 66 valence electrons. The van der Waals surface area contributed by atoms with Crippen LogP contribution < -0.4 is 0 Å². The van der Waals surface area contributed by atoms with E-state index >= 15 is 0 Å². The number of ether oxygens (including phenoxy) is 1. The van der Waals surface area contributed by atoms with Gasteiger partial charge in [0.05, 0.1) is 11.4 Å². The summed E-state index contributed by atoms with van der Waals surface area (Å²) in [5, 5.41) is 0.612. The Morgan fingerprint density at radius 1 is 1.83 bits per heavy atom. The van der Waals surface area contributed by atoms with Crippen LogP contribution in [-0.2, 0) is 10.1 Å². The van der Waals surface area contributed by atoms with Crippen molar-refractivity contribution in [1.29, 1.82) is 0 Å². The molecule has 1 rings (SSSR count). The molecule has 0 radical (unpaired) electrons. The second-order valence-corrected chi connectivity index (χ2v) is 4.27. The second kappa shape index (κ2) is 4.25. The Hall–Kier alpha value is -0.0600. The Labute approximate surface area is 87.6 Å². The average molecular weight is 270 g/mol. The zero-order valence-corrected chi connectivity index (χ0v) is 9.42. The molecule has 0 spiro atoms. The normalized spacial score (nSPS) is 9.92. The lowest BCUT2D eigenvalue weighted by atomic mass is 10.3. The van der Waals surface area contributed by atoms with Crippen LogP contribution in [0.5, 0.6) is 0 Å². The van der Waals surface area contributed by atoms with E-state index in [-0.39, 0.29) is 5.97 Å². The molecule has 0 N–H and O–H groups in total. The van der Waals surface area contributed by atoms with E-state index < -0.39 is 0 Å². The largest absolute Gasteiger partial charge is 0.465 e. The third kappa shape index (κ3) is 2.00. The molecule has 0 amide bonds. The zero-order valence-electron chi connectivity index (χ0n) is 6.27. The maximum absolute atomic E-state index is 11.1. The van der Waals surface area contributed by atoms with Crippen LogP contribution in [0.2, 0.25) is 4.34 Å². The topological polar surface area (TPSA) is 26.3 Å². The maximum atomic E-state index is 11.1. The summed E-state index contributed by atoms with van der Waals surface area (Å²) in [6.07, 6.45) is 0. The minimum absolute atomic E-state index is 0.332. The number of alkyl halides is 1. The van der Waals surface area contributed by atoms with Gasteiger partial charge in [0.2, 0.25) is 0 Å². The molecule has 0 aromatic carbocycles. The molecule has 1 heterocycles. The molecule has 5 heteroatoms. The fourth-order valence-corrected chi connectivity index (χ4v) is 2.58. The highest BCUT2D eigenvalue weighted by atomic mass is 79.9. The highest BCUT2D eigenvalue weighted by molar-refractivity contribution is 9.08. The van der Waals surface area contributed by atoms with Crippen LogP contribution in [0, 0.1) is 0 Å². The molecule has 2 nitrogen and oxygen atoms in total. The molecular formula is C7H6BrClO2S. The number of hydrogen-bond acceptors (Lipinski definition) is 3. The van der Waals surface area contributed by atoms with Crippen LogP contribution in [0.1, 0.15) is 15.2 Å². The lowest BCUT2D eigenvalue weighted by Gasteiger charge is -1.96. The van der Waals surface area contributed by atoms with Gasteiger partial charge in [-0.15, -0.1) is 11.3 Å². The molecule has 1 aromatic rings. The SMILES string of the molecule is COC(=O)c1sc(Cl)cc1CBr. The van der Waals surface area contributed by atoms with Crippen LogP contribution in [0.15, 0.2) is 6.07 Å². The first-order valence-electron chi connectivity index (χ1n) is 3.11. The Bertz CT molecular complexity index is 298. The molecule has 0 fully saturated rings. The summed E-state index contributed by atoms with van der Waals surface area (Å²) in [6, 6.07) is 1.76. The predicted octanol–water partition coefficient (Wildman–Crippen LogP) is 3.08.